The molecule has 0 saturated carbocycles. The number of thioether (sulfide) groups is 1. The van der Waals surface area contributed by atoms with E-state index in [2.05, 4.69) is 15.2 Å². The molecule has 0 unspecified atom stereocenters. The van der Waals surface area contributed by atoms with Crippen molar-refractivity contribution in [3.05, 3.63) is 76.3 Å². The molecule has 1 aliphatic carbocycles. The third-order valence-corrected chi connectivity index (χ3v) is 9.48. The lowest BCUT2D eigenvalue weighted by atomic mass is 10.1. The van der Waals surface area contributed by atoms with E-state index in [0.29, 0.717) is 42.4 Å². The highest BCUT2D eigenvalue weighted by atomic mass is 32.2. The standard InChI is InChI=1S/C32H35N3O5S2/c1-4-39-22-15-13-21(14-16-22)30(37)33-17-18-35-19-27(23-9-6-7-11-25(23)35)41-20(3)29(36)34-31-28(32(38)40-5-2)24-10-8-12-26(24)42-31/h6-7,9,11,13-16,19-20H,4-5,8,10,12,17-18H2,1-3H3,(H,33,37)(H,34,36)/t20-/m1/s1. The average Bonchev–Trinajstić information content (AvgIpc) is 3.67. The molecular weight excluding hydrogens is 571 g/mol. The molecule has 1 atom stereocenters. The third-order valence-electron chi connectivity index (χ3n) is 7.13. The van der Waals surface area contributed by atoms with Crippen molar-refractivity contribution in [1.29, 1.82) is 0 Å². The van der Waals surface area contributed by atoms with Crippen LogP contribution in [0.25, 0.3) is 10.9 Å². The van der Waals surface area contributed by atoms with Crippen LogP contribution in [-0.4, -0.2) is 47.4 Å². The van der Waals surface area contributed by atoms with Gasteiger partial charge in [0.05, 0.1) is 24.0 Å². The van der Waals surface area contributed by atoms with Gasteiger partial charge in [-0.3, -0.25) is 9.59 Å². The summed E-state index contributed by atoms with van der Waals surface area (Å²) in [5.41, 5.74) is 3.15. The minimum Gasteiger partial charge on any atom is -0.494 e. The number of aryl methyl sites for hydroxylation is 1. The zero-order chi connectivity index (χ0) is 29.6. The van der Waals surface area contributed by atoms with Crippen LogP contribution in [0, 0.1) is 0 Å². The Kier molecular flexibility index (Phi) is 9.54. The highest BCUT2D eigenvalue weighted by Gasteiger charge is 2.29. The molecule has 42 heavy (non-hydrogen) atoms. The molecule has 4 aromatic rings. The molecule has 220 valence electrons. The van der Waals surface area contributed by atoms with Crippen LogP contribution in [0.2, 0.25) is 0 Å². The van der Waals surface area contributed by atoms with Gasteiger partial charge in [0.25, 0.3) is 5.91 Å². The van der Waals surface area contributed by atoms with Crippen LogP contribution in [0.4, 0.5) is 5.00 Å². The molecule has 8 nitrogen and oxygen atoms in total. The van der Waals surface area contributed by atoms with Crippen LogP contribution in [0.15, 0.2) is 59.6 Å². The molecule has 0 spiro atoms. The fraction of sp³-hybridized carbons (Fsp3) is 0.344. The molecule has 0 aliphatic heterocycles. The van der Waals surface area contributed by atoms with E-state index in [4.69, 9.17) is 9.47 Å². The van der Waals surface area contributed by atoms with E-state index in [-0.39, 0.29) is 17.8 Å². The van der Waals surface area contributed by atoms with Gasteiger partial charge in [-0.25, -0.2) is 4.79 Å². The van der Waals surface area contributed by atoms with E-state index in [1.165, 1.54) is 23.1 Å². The molecule has 2 amide bonds. The van der Waals surface area contributed by atoms with Crippen molar-refractivity contribution in [2.75, 3.05) is 25.1 Å². The van der Waals surface area contributed by atoms with Gasteiger partial charge in [0.15, 0.2) is 0 Å². The van der Waals surface area contributed by atoms with Gasteiger partial charge >= 0.3 is 5.97 Å². The minimum atomic E-state index is -0.407. The predicted molar refractivity (Wildman–Crippen MR) is 168 cm³/mol. The molecule has 2 N–H and O–H groups in total. The molecule has 2 aromatic carbocycles. The zero-order valence-corrected chi connectivity index (χ0v) is 25.7. The first-order valence-electron chi connectivity index (χ1n) is 14.3. The van der Waals surface area contributed by atoms with E-state index in [0.717, 1.165) is 51.3 Å². The first-order valence-corrected chi connectivity index (χ1v) is 16.0. The molecule has 0 radical (unpaired) electrons. The molecule has 2 aromatic heterocycles. The summed E-state index contributed by atoms with van der Waals surface area (Å²) in [4.78, 5) is 40.8. The average molecular weight is 606 g/mol. The van der Waals surface area contributed by atoms with Gasteiger partial charge < -0.3 is 24.7 Å². The molecule has 5 rings (SSSR count). The van der Waals surface area contributed by atoms with Crippen LogP contribution < -0.4 is 15.4 Å². The normalized spacial score (nSPS) is 13.0. The van der Waals surface area contributed by atoms with Gasteiger partial charge in [0.2, 0.25) is 5.91 Å². The summed E-state index contributed by atoms with van der Waals surface area (Å²) >= 11 is 2.96. The number of thiophene rings is 1. The Morgan fingerprint density at radius 3 is 2.60 bits per heavy atom. The summed E-state index contributed by atoms with van der Waals surface area (Å²) in [6.45, 7) is 7.47. The van der Waals surface area contributed by atoms with Crippen molar-refractivity contribution >= 4 is 56.8 Å². The van der Waals surface area contributed by atoms with Crippen LogP contribution in [0.1, 0.15) is 58.3 Å². The summed E-state index contributed by atoms with van der Waals surface area (Å²) in [5, 5.41) is 7.23. The van der Waals surface area contributed by atoms with Gasteiger partial charge in [-0.05, 0) is 75.9 Å². The second-order valence-corrected chi connectivity index (χ2v) is 12.4. The van der Waals surface area contributed by atoms with E-state index < -0.39 is 5.25 Å². The van der Waals surface area contributed by atoms with E-state index in [1.54, 1.807) is 31.2 Å². The first-order chi connectivity index (χ1) is 20.4. The number of benzene rings is 2. The Morgan fingerprint density at radius 2 is 1.83 bits per heavy atom. The number of hydrogen-bond donors (Lipinski definition) is 2. The number of rotatable bonds is 12. The van der Waals surface area contributed by atoms with Crippen LogP contribution in [0.5, 0.6) is 5.75 Å². The Balaban J connectivity index is 1.24. The van der Waals surface area contributed by atoms with Gasteiger partial charge in [-0.15, -0.1) is 23.1 Å². The number of fused-ring (bicyclic) bond motifs is 2. The van der Waals surface area contributed by atoms with Gasteiger partial charge in [-0.1, -0.05) is 18.2 Å². The smallest absolute Gasteiger partial charge is 0.341 e. The molecule has 0 fully saturated rings. The fourth-order valence-corrected chi connectivity index (χ4v) is 7.44. The number of hydrogen-bond acceptors (Lipinski definition) is 7. The first kappa shape index (κ1) is 29.7. The summed E-state index contributed by atoms with van der Waals surface area (Å²) in [5.74, 6) is 0.0607. The van der Waals surface area contributed by atoms with Gasteiger partial charge in [0.1, 0.15) is 10.8 Å². The number of nitrogens with zero attached hydrogens (tertiary/aromatic N) is 1. The number of nitrogens with one attached hydrogen (secondary N) is 2. The number of para-hydroxylation sites is 1. The molecule has 1 aliphatic rings. The second-order valence-electron chi connectivity index (χ2n) is 9.95. The van der Waals surface area contributed by atoms with Crippen LogP contribution >= 0.6 is 23.1 Å². The highest BCUT2D eigenvalue weighted by molar-refractivity contribution is 8.00. The third kappa shape index (κ3) is 6.50. The Labute approximate surface area is 253 Å². The maximum Gasteiger partial charge on any atom is 0.341 e. The predicted octanol–water partition coefficient (Wildman–Crippen LogP) is 6.32. The number of carbonyl (C=O) groups is 3. The van der Waals surface area contributed by atoms with Gasteiger partial charge in [-0.2, -0.15) is 0 Å². The molecule has 0 bridgehead atoms. The van der Waals surface area contributed by atoms with E-state index in [9.17, 15) is 14.4 Å². The van der Waals surface area contributed by atoms with E-state index in [1.807, 2.05) is 44.3 Å². The maximum atomic E-state index is 13.3. The number of carbonyl (C=O) groups excluding carboxylic acids is 3. The Morgan fingerprint density at radius 1 is 1.05 bits per heavy atom. The number of amides is 2. The molecule has 0 saturated heterocycles. The van der Waals surface area contributed by atoms with Crippen molar-refractivity contribution in [3.8, 4) is 5.75 Å². The number of ether oxygens (including phenoxy) is 2. The molecular formula is C32H35N3O5S2. The minimum absolute atomic E-state index is 0.142. The highest BCUT2D eigenvalue weighted by Crippen LogP contribution is 2.40. The Hall–Kier alpha value is -3.76. The molecule has 2 heterocycles. The number of anilines is 1. The van der Waals surface area contributed by atoms with Crippen molar-refractivity contribution in [1.82, 2.24) is 9.88 Å². The number of esters is 1. The SMILES string of the molecule is CCOC(=O)c1c(NC(=O)[C@@H](C)Sc2cn(CCNC(=O)c3ccc(OCC)cc3)c3ccccc23)sc2c1CCC2. The van der Waals surface area contributed by atoms with Crippen LogP contribution in [0.3, 0.4) is 0 Å². The lowest BCUT2D eigenvalue weighted by molar-refractivity contribution is -0.115. The van der Waals surface area contributed by atoms with Crippen LogP contribution in [-0.2, 0) is 28.9 Å². The maximum absolute atomic E-state index is 13.3. The van der Waals surface area contributed by atoms with Crippen molar-refractivity contribution in [2.45, 2.75) is 56.7 Å². The summed E-state index contributed by atoms with van der Waals surface area (Å²) in [6, 6.07) is 15.1. The molecule has 10 heteroatoms. The summed E-state index contributed by atoms with van der Waals surface area (Å²) < 4.78 is 12.9. The quantitative estimate of drug-likeness (QED) is 0.145. The second kappa shape index (κ2) is 13.5. The largest absolute Gasteiger partial charge is 0.494 e. The lowest BCUT2D eigenvalue weighted by Gasteiger charge is -2.12. The van der Waals surface area contributed by atoms with Crippen molar-refractivity contribution in [2.24, 2.45) is 0 Å². The lowest BCUT2D eigenvalue weighted by Crippen LogP contribution is -2.27. The fourth-order valence-electron chi connectivity index (χ4n) is 5.12. The topological polar surface area (TPSA) is 98.7 Å². The Bertz CT molecular complexity index is 1590. The van der Waals surface area contributed by atoms with Crippen molar-refractivity contribution < 1.29 is 23.9 Å². The zero-order valence-electron chi connectivity index (χ0n) is 24.0. The monoisotopic (exact) mass is 605 g/mol. The van der Waals surface area contributed by atoms with Crippen molar-refractivity contribution in [3.63, 3.8) is 0 Å². The summed E-state index contributed by atoms with van der Waals surface area (Å²) in [7, 11) is 0. The van der Waals surface area contributed by atoms with Gasteiger partial charge in [0, 0.05) is 45.5 Å². The van der Waals surface area contributed by atoms with E-state index >= 15 is 0 Å². The number of aromatic nitrogens is 1. The summed E-state index contributed by atoms with van der Waals surface area (Å²) in [6.07, 6.45) is 4.81.